The van der Waals surface area contributed by atoms with Crippen LogP contribution in [0.4, 0.5) is 10.2 Å². The highest BCUT2D eigenvalue weighted by molar-refractivity contribution is 5.79. The molecule has 0 atom stereocenters. The summed E-state index contributed by atoms with van der Waals surface area (Å²) in [6.45, 7) is 6.51. The van der Waals surface area contributed by atoms with Crippen molar-refractivity contribution in [1.29, 1.82) is 0 Å². The number of aromatic nitrogens is 2. The van der Waals surface area contributed by atoms with Crippen molar-refractivity contribution in [2.75, 3.05) is 31.1 Å². The van der Waals surface area contributed by atoms with Crippen LogP contribution in [0.5, 0.6) is 0 Å². The second-order valence-electron chi connectivity index (χ2n) is 6.05. The van der Waals surface area contributed by atoms with Gasteiger partial charge in [-0.2, -0.15) is 0 Å². The average molecular weight is 328 g/mol. The Morgan fingerprint density at radius 3 is 2.50 bits per heavy atom. The molecule has 126 valence electrons. The molecule has 1 aliphatic heterocycles. The SMILES string of the molecule is Cc1cc(N2CCN(C(=O)Cc3ccccc3F)CC2)nc(C)n1. The molecule has 2 aromatic rings. The van der Waals surface area contributed by atoms with E-state index in [1.165, 1.54) is 6.07 Å². The topological polar surface area (TPSA) is 49.3 Å². The number of carbonyl (C=O) groups is 1. The highest BCUT2D eigenvalue weighted by Crippen LogP contribution is 2.16. The third-order valence-corrected chi connectivity index (χ3v) is 4.21. The number of amides is 1. The van der Waals surface area contributed by atoms with E-state index in [1.807, 2.05) is 19.9 Å². The zero-order chi connectivity index (χ0) is 17.1. The van der Waals surface area contributed by atoms with Crippen molar-refractivity contribution in [2.45, 2.75) is 20.3 Å². The van der Waals surface area contributed by atoms with Gasteiger partial charge in [0.15, 0.2) is 0 Å². The van der Waals surface area contributed by atoms with E-state index in [-0.39, 0.29) is 18.1 Å². The van der Waals surface area contributed by atoms with Crippen LogP contribution in [0.25, 0.3) is 0 Å². The predicted octanol–water partition coefficient (Wildman–Crippen LogP) is 2.12. The minimum atomic E-state index is -0.323. The highest BCUT2D eigenvalue weighted by Gasteiger charge is 2.23. The third kappa shape index (κ3) is 3.69. The molecule has 1 saturated heterocycles. The summed E-state index contributed by atoms with van der Waals surface area (Å²) in [6, 6.07) is 8.40. The van der Waals surface area contributed by atoms with Gasteiger partial charge in [0.1, 0.15) is 17.5 Å². The first-order valence-corrected chi connectivity index (χ1v) is 8.11. The van der Waals surface area contributed by atoms with Gasteiger partial charge in [-0.15, -0.1) is 0 Å². The van der Waals surface area contributed by atoms with Gasteiger partial charge >= 0.3 is 0 Å². The third-order valence-electron chi connectivity index (χ3n) is 4.21. The number of rotatable bonds is 3. The number of benzene rings is 1. The van der Waals surface area contributed by atoms with E-state index >= 15 is 0 Å². The van der Waals surface area contributed by atoms with Crippen LogP contribution in [-0.2, 0) is 11.2 Å². The molecule has 1 aromatic carbocycles. The molecule has 1 aliphatic rings. The predicted molar refractivity (Wildman–Crippen MR) is 90.4 cm³/mol. The number of nitrogens with zero attached hydrogens (tertiary/aromatic N) is 4. The Labute approximate surface area is 141 Å². The van der Waals surface area contributed by atoms with Crippen molar-refractivity contribution in [3.05, 3.63) is 53.2 Å². The van der Waals surface area contributed by atoms with Crippen LogP contribution in [0.2, 0.25) is 0 Å². The van der Waals surface area contributed by atoms with Crippen LogP contribution < -0.4 is 4.90 Å². The largest absolute Gasteiger partial charge is 0.353 e. The second kappa shape index (κ2) is 6.95. The van der Waals surface area contributed by atoms with Gasteiger partial charge in [-0.05, 0) is 25.5 Å². The molecule has 6 heteroatoms. The van der Waals surface area contributed by atoms with Gasteiger partial charge < -0.3 is 9.80 Å². The molecule has 1 amide bonds. The molecule has 0 bridgehead atoms. The molecule has 24 heavy (non-hydrogen) atoms. The van der Waals surface area contributed by atoms with E-state index in [0.29, 0.717) is 18.7 Å². The molecule has 2 heterocycles. The maximum absolute atomic E-state index is 13.7. The number of hydrogen-bond acceptors (Lipinski definition) is 4. The maximum atomic E-state index is 13.7. The van der Waals surface area contributed by atoms with Crippen molar-refractivity contribution in [3.63, 3.8) is 0 Å². The molecule has 1 fully saturated rings. The zero-order valence-corrected chi connectivity index (χ0v) is 14.0. The molecule has 0 saturated carbocycles. The van der Waals surface area contributed by atoms with Gasteiger partial charge in [0.05, 0.1) is 6.42 Å². The average Bonchev–Trinajstić information content (AvgIpc) is 2.56. The molecule has 0 unspecified atom stereocenters. The van der Waals surface area contributed by atoms with Crippen molar-refractivity contribution >= 4 is 11.7 Å². The minimum Gasteiger partial charge on any atom is -0.353 e. The molecule has 0 aliphatic carbocycles. The monoisotopic (exact) mass is 328 g/mol. The fraction of sp³-hybridized carbons (Fsp3) is 0.389. The number of hydrogen-bond donors (Lipinski definition) is 0. The Hall–Kier alpha value is -2.50. The molecular weight excluding hydrogens is 307 g/mol. The summed E-state index contributed by atoms with van der Waals surface area (Å²) in [4.78, 5) is 25.1. The standard InChI is InChI=1S/C18H21FN4O/c1-13-11-17(21-14(2)20-13)22-7-9-23(10-8-22)18(24)12-15-5-3-4-6-16(15)19/h3-6,11H,7-10,12H2,1-2H3. The van der Waals surface area contributed by atoms with Gasteiger partial charge in [-0.3, -0.25) is 4.79 Å². The van der Waals surface area contributed by atoms with Crippen LogP contribution in [0.15, 0.2) is 30.3 Å². The fourth-order valence-corrected chi connectivity index (χ4v) is 2.96. The summed E-state index contributed by atoms with van der Waals surface area (Å²) in [5.41, 5.74) is 1.39. The quantitative estimate of drug-likeness (QED) is 0.866. The second-order valence-corrected chi connectivity index (χ2v) is 6.05. The van der Waals surface area contributed by atoms with Gasteiger partial charge in [0.2, 0.25) is 5.91 Å². The first kappa shape index (κ1) is 16.4. The first-order valence-electron chi connectivity index (χ1n) is 8.11. The summed E-state index contributed by atoms with van der Waals surface area (Å²) in [5.74, 6) is 1.30. The van der Waals surface area contributed by atoms with Gasteiger partial charge in [-0.25, -0.2) is 14.4 Å². The van der Waals surface area contributed by atoms with Crippen molar-refractivity contribution in [1.82, 2.24) is 14.9 Å². The summed E-state index contributed by atoms with van der Waals surface area (Å²) in [5, 5.41) is 0. The Morgan fingerprint density at radius 1 is 1.12 bits per heavy atom. The number of piperazine rings is 1. The summed E-state index contributed by atoms with van der Waals surface area (Å²) < 4.78 is 13.7. The van der Waals surface area contributed by atoms with Gasteiger partial charge in [-0.1, -0.05) is 18.2 Å². The van der Waals surface area contributed by atoms with Crippen LogP contribution in [0, 0.1) is 19.7 Å². The summed E-state index contributed by atoms with van der Waals surface area (Å²) in [6.07, 6.45) is 0.110. The number of anilines is 1. The van der Waals surface area contributed by atoms with E-state index in [2.05, 4.69) is 14.9 Å². The molecule has 0 N–H and O–H groups in total. The van der Waals surface area contributed by atoms with Gasteiger partial charge in [0, 0.05) is 37.9 Å². The van der Waals surface area contributed by atoms with E-state index in [9.17, 15) is 9.18 Å². The summed E-state index contributed by atoms with van der Waals surface area (Å²) in [7, 11) is 0. The lowest BCUT2D eigenvalue weighted by Crippen LogP contribution is -2.49. The van der Waals surface area contributed by atoms with Crippen molar-refractivity contribution in [2.24, 2.45) is 0 Å². The van der Waals surface area contributed by atoms with E-state index in [0.717, 1.165) is 30.4 Å². The fourth-order valence-electron chi connectivity index (χ4n) is 2.96. The lowest BCUT2D eigenvalue weighted by atomic mass is 10.1. The van der Waals surface area contributed by atoms with Crippen LogP contribution in [0.1, 0.15) is 17.1 Å². The first-order chi connectivity index (χ1) is 11.5. The molecule has 1 aromatic heterocycles. The minimum absolute atomic E-state index is 0.0326. The lowest BCUT2D eigenvalue weighted by Gasteiger charge is -2.35. The van der Waals surface area contributed by atoms with Crippen molar-refractivity contribution in [3.8, 4) is 0 Å². The van der Waals surface area contributed by atoms with Crippen molar-refractivity contribution < 1.29 is 9.18 Å². The lowest BCUT2D eigenvalue weighted by molar-refractivity contribution is -0.130. The Morgan fingerprint density at radius 2 is 1.83 bits per heavy atom. The molecule has 3 rings (SSSR count). The van der Waals surface area contributed by atoms with Crippen LogP contribution >= 0.6 is 0 Å². The Bertz CT molecular complexity index is 721. The molecule has 0 radical (unpaired) electrons. The maximum Gasteiger partial charge on any atom is 0.227 e. The number of halogens is 1. The summed E-state index contributed by atoms with van der Waals surface area (Å²) >= 11 is 0. The van der Waals surface area contributed by atoms with E-state index in [1.54, 1.807) is 23.1 Å². The number of carbonyl (C=O) groups excluding carboxylic acids is 1. The van der Waals surface area contributed by atoms with Crippen LogP contribution in [-0.4, -0.2) is 47.0 Å². The van der Waals surface area contributed by atoms with Gasteiger partial charge in [0.25, 0.3) is 0 Å². The normalized spacial score (nSPS) is 14.8. The Kier molecular flexibility index (Phi) is 4.74. The molecule has 0 spiro atoms. The van der Waals surface area contributed by atoms with Crippen LogP contribution in [0.3, 0.4) is 0 Å². The highest BCUT2D eigenvalue weighted by atomic mass is 19.1. The molecular formula is C18H21FN4O. The molecule has 5 nitrogen and oxygen atoms in total. The smallest absolute Gasteiger partial charge is 0.227 e. The van der Waals surface area contributed by atoms with E-state index in [4.69, 9.17) is 0 Å². The van der Waals surface area contributed by atoms with E-state index < -0.39 is 0 Å². The zero-order valence-electron chi connectivity index (χ0n) is 14.0. The Balaban J connectivity index is 1.60. The number of aryl methyl sites for hydroxylation is 2.